The molecule has 1 heterocycles. The van der Waals surface area contributed by atoms with E-state index in [4.69, 9.17) is 14.2 Å². The number of carbonyl (C=O) groups excluding carboxylic acids is 1. The molecule has 0 spiro atoms. The van der Waals surface area contributed by atoms with E-state index in [2.05, 4.69) is 0 Å². The molecule has 0 aliphatic carbocycles. The van der Waals surface area contributed by atoms with Gasteiger partial charge in [0.2, 0.25) is 0 Å². The Morgan fingerprint density at radius 2 is 1.69 bits per heavy atom. The van der Waals surface area contributed by atoms with Gasteiger partial charge in [0.1, 0.15) is 31.0 Å². The molecule has 0 saturated carbocycles. The van der Waals surface area contributed by atoms with Gasteiger partial charge in [0, 0.05) is 0 Å². The predicted octanol–water partition coefficient (Wildman–Crippen LogP) is -1.18. The third kappa shape index (κ3) is 7.11. The van der Waals surface area contributed by atoms with Crippen molar-refractivity contribution in [2.75, 3.05) is 6.61 Å². The molecule has 1 fully saturated rings. The number of rotatable bonds is 11. The molecule has 6 N–H and O–H groups in total. The highest BCUT2D eigenvalue weighted by Crippen LogP contribution is 2.25. The van der Waals surface area contributed by atoms with E-state index in [0.29, 0.717) is 19.3 Å². The van der Waals surface area contributed by atoms with Crippen LogP contribution in [0.2, 0.25) is 0 Å². The van der Waals surface area contributed by atoms with E-state index in [9.17, 15) is 35.4 Å². The number of carbonyl (C=O) groups is 1. The molecule has 0 bridgehead atoms. The summed E-state index contributed by atoms with van der Waals surface area (Å²) in [5.41, 5.74) is -2.11. The SMILES string of the molecule is CCC(O)(C(=O)OC[C@H]1O[C@@H](OC(C)CCCC(C)O)[C@H](O)[C@@H](O)[C@@H]1O)C(C)O. The van der Waals surface area contributed by atoms with Crippen molar-refractivity contribution in [1.82, 2.24) is 0 Å². The van der Waals surface area contributed by atoms with E-state index >= 15 is 0 Å². The normalized spacial score (nSPS) is 32.8. The first-order valence-electron chi connectivity index (χ1n) is 10.0. The Morgan fingerprint density at radius 3 is 2.21 bits per heavy atom. The lowest BCUT2D eigenvalue weighted by Gasteiger charge is -2.41. The molecule has 9 atom stereocenters. The Labute approximate surface area is 171 Å². The van der Waals surface area contributed by atoms with Crippen molar-refractivity contribution in [2.45, 2.75) is 108 Å². The van der Waals surface area contributed by atoms with E-state index in [1.165, 1.54) is 13.8 Å². The predicted molar refractivity (Wildman–Crippen MR) is 101 cm³/mol. The maximum Gasteiger partial charge on any atom is 0.340 e. The Morgan fingerprint density at radius 1 is 1.07 bits per heavy atom. The Bertz CT molecular complexity index is 499. The van der Waals surface area contributed by atoms with Crippen LogP contribution < -0.4 is 0 Å². The molecule has 1 aliphatic rings. The Kier molecular flexibility index (Phi) is 10.4. The van der Waals surface area contributed by atoms with Crippen LogP contribution in [0.4, 0.5) is 0 Å². The largest absolute Gasteiger partial charge is 0.461 e. The third-order valence-electron chi connectivity index (χ3n) is 5.23. The van der Waals surface area contributed by atoms with E-state index in [-0.39, 0.29) is 12.5 Å². The van der Waals surface area contributed by atoms with Gasteiger partial charge in [0.05, 0.1) is 18.3 Å². The molecule has 1 aliphatic heterocycles. The van der Waals surface area contributed by atoms with Gasteiger partial charge in [-0.25, -0.2) is 4.79 Å². The van der Waals surface area contributed by atoms with Crippen molar-refractivity contribution in [2.24, 2.45) is 0 Å². The maximum absolute atomic E-state index is 12.1. The molecule has 10 nitrogen and oxygen atoms in total. The molecule has 0 aromatic rings. The van der Waals surface area contributed by atoms with Gasteiger partial charge in [-0.2, -0.15) is 0 Å². The minimum atomic E-state index is -2.11. The second-order valence-electron chi connectivity index (χ2n) is 7.79. The number of hydrogen-bond acceptors (Lipinski definition) is 10. The van der Waals surface area contributed by atoms with Gasteiger partial charge in [-0.05, 0) is 46.5 Å². The lowest BCUT2D eigenvalue weighted by Crippen LogP contribution is -2.60. The van der Waals surface area contributed by atoms with Crippen LogP contribution in [0.25, 0.3) is 0 Å². The van der Waals surface area contributed by atoms with Crippen LogP contribution in [0.3, 0.4) is 0 Å². The zero-order valence-corrected chi connectivity index (χ0v) is 17.5. The van der Waals surface area contributed by atoms with E-state index in [1.807, 2.05) is 0 Å². The number of esters is 1. The Hall–Kier alpha value is -0.850. The zero-order chi connectivity index (χ0) is 22.4. The molecule has 0 aromatic heterocycles. The minimum absolute atomic E-state index is 0.0887. The van der Waals surface area contributed by atoms with Crippen molar-refractivity contribution >= 4 is 5.97 Å². The molecule has 0 radical (unpaired) electrons. The van der Waals surface area contributed by atoms with Crippen LogP contribution >= 0.6 is 0 Å². The van der Waals surface area contributed by atoms with E-state index in [0.717, 1.165) is 0 Å². The smallest absolute Gasteiger partial charge is 0.340 e. The third-order valence-corrected chi connectivity index (χ3v) is 5.23. The van der Waals surface area contributed by atoms with Crippen molar-refractivity contribution in [3.05, 3.63) is 0 Å². The zero-order valence-electron chi connectivity index (χ0n) is 17.5. The van der Waals surface area contributed by atoms with Crippen LogP contribution in [-0.2, 0) is 19.0 Å². The van der Waals surface area contributed by atoms with E-state index in [1.54, 1.807) is 13.8 Å². The molecular weight excluding hydrogens is 388 g/mol. The minimum Gasteiger partial charge on any atom is -0.461 e. The lowest BCUT2D eigenvalue weighted by atomic mass is 9.95. The number of aliphatic hydroxyl groups excluding tert-OH is 5. The molecular formula is C19H36O10. The topological polar surface area (TPSA) is 166 Å². The van der Waals surface area contributed by atoms with Crippen LogP contribution in [0, 0.1) is 0 Å². The molecule has 1 rings (SSSR count). The summed E-state index contributed by atoms with van der Waals surface area (Å²) in [6.07, 6.45) is -7.53. The van der Waals surface area contributed by atoms with E-state index < -0.39 is 61.1 Å². The van der Waals surface area contributed by atoms with Gasteiger partial charge >= 0.3 is 5.97 Å². The fraction of sp³-hybridized carbons (Fsp3) is 0.947. The van der Waals surface area contributed by atoms with Crippen LogP contribution in [-0.4, -0.2) is 97.8 Å². The molecule has 0 amide bonds. The van der Waals surface area contributed by atoms with Crippen LogP contribution in [0.5, 0.6) is 0 Å². The summed E-state index contributed by atoms with van der Waals surface area (Å²) in [6, 6.07) is 0. The summed E-state index contributed by atoms with van der Waals surface area (Å²) in [6.45, 7) is 5.66. The molecule has 29 heavy (non-hydrogen) atoms. The molecule has 1 saturated heterocycles. The summed E-state index contributed by atoms with van der Waals surface area (Å²) in [4.78, 5) is 12.1. The second kappa shape index (κ2) is 11.5. The number of ether oxygens (including phenoxy) is 3. The highest BCUT2D eigenvalue weighted by molar-refractivity contribution is 5.80. The van der Waals surface area contributed by atoms with Gasteiger partial charge in [-0.1, -0.05) is 6.92 Å². The molecule has 4 unspecified atom stereocenters. The molecule has 10 heteroatoms. The van der Waals surface area contributed by atoms with Gasteiger partial charge in [-0.15, -0.1) is 0 Å². The second-order valence-corrected chi connectivity index (χ2v) is 7.79. The Balaban J connectivity index is 2.68. The van der Waals surface area contributed by atoms with Crippen molar-refractivity contribution in [1.29, 1.82) is 0 Å². The van der Waals surface area contributed by atoms with Crippen LogP contribution in [0.15, 0.2) is 0 Å². The average Bonchev–Trinajstić information content (AvgIpc) is 2.65. The van der Waals surface area contributed by atoms with Crippen molar-refractivity contribution in [3.63, 3.8) is 0 Å². The van der Waals surface area contributed by atoms with Crippen LogP contribution in [0.1, 0.15) is 53.4 Å². The first-order chi connectivity index (χ1) is 13.4. The first-order valence-corrected chi connectivity index (χ1v) is 10.0. The fourth-order valence-corrected chi connectivity index (χ4v) is 3.06. The molecule has 172 valence electrons. The fourth-order valence-electron chi connectivity index (χ4n) is 3.06. The van der Waals surface area contributed by atoms with Gasteiger partial charge in [0.15, 0.2) is 11.9 Å². The average molecular weight is 424 g/mol. The highest BCUT2D eigenvalue weighted by atomic mass is 16.7. The summed E-state index contributed by atoms with van der Waals surface area (Å²) >= 11 is 0. The summed E-state index contributed by atoms with van der Waals surface area (Å²) in [7, 11) is 0. The quantitative estimate of drug-likeness (QED) is 0.222. The number of aliphatic hydroxyl groups is 6. The standard InChI is InChI=1S/C19H36O10/c1-5-19(26,12(4)21)18(25)27-9-13-14(22)15(23)16(24)17(29-13)28-11(3)8-6-7-10(2)20/h10-17,20-24,26H,5-9H2,1-4H3/t10?,11?,12?,13-,14-,15+,16-,17-,19?/m1/s1. The maximum atomic E-state index is 12.1. The number of hydrogen-bond donors (Lipinski definition) is 6. The van der Waals surface area contributed by atoms with Gasteiger partial charge in [0.25, 0.3) is 0 Å². The van der Waals surface area contributed by atoms with Crippen molar-refractivity contribution < 1.29 is 49.6 Å². The summed E-state index contributed by atoms with van der Waals surface area (Å²) < 4.78 is 16.1. The molecule has 0 aromatic carbocycles. The monoisotopic (exact) mass is 424 g/mol. The van der Waals surface area contributed by atoms with Gasteiger partial charge < -0.3 is 44.8 Å². The highest BCUT2D eigenvalue weighted by Gasteiger charge is 2.46. The summed E-state index contributed by atoms with van der Waals surface area (Å²) in [5.74, 6) is -1.09. The first kappa shape index (κ1) is 26.2. The summed E-state index contributed by atoms with van der Waals surface area (Å²) in [5, 5.41) is 59.4. The van der Waals surface area contributed by atoms with Gasteiger partial charge in [-0.3, -0.25) is 0 Å². The lowest BCUT2D eigenvalue weighted by molar-refractivity contribution is -0.311. The van der Waals surface area contributed by atoms with Crippen molar-refractivity contribution in [3.8, 4) is 0 Å².